The van der Waals surface area contributed by atoms with E-state index in [4.69, 9.17) is 4.74 Å². The van der Waals surface area contributed by atoms with Gasteiger partial charge in [-0.3, -0.25) is 0 Å². The van der Waals surface area contributed by atoms with Crippen LogP contribution in [0, 0.1) is 0 Å². The van der Waals surface area contributed by atoms with Crippen molar-refractivity contribution in [1.82, 2.24) is 0 Å². The van der Waals surface area contributed by atoms with E-state index in [2.05, 4.69) is 28.6 Å². The number of unbranched alkanes of at least 4 members (excludes halogenated alkanes) is 16. The summed E-state index contributed by atoms with van der Waals surface area (Å²) < 4.78 is 8.03. The number of hydrogen-bond donors (Lipinski definition) is 0. The molecule has 0 fully saturated rings. The number of nitrogens with zero attached hydrogens (tertiary/aromatic N) is 1. The van der Waals surface area contributed by atoms with Crippen molar-refractivity contribution in [1.29, 1.82) is 0 Å². The third-order valence-electron chi connectivity index (χ3n) is 5.62. The van der Waals surface area contributed by atoms with E-state index < -0.39 is 0 Å². The summed E-state index contributed by atoms with van der Waals surface area (Å²) >= 11 is 1.76. The maximum absolute atomic E-state index is 5.77. The van der Waals surface area contributed by atoms with Crippen LogP contribution in [0.4, 0.5) is 0 Å². The molecule has 0 N–H and O–H groups in total. The molecule has 0 aliphatic carbocycles. The lowest BCUT2D eigenvalue weighted by atomic mass is 10.0. The summed E-state index contributed by atoms with van der Waals surface area (Å²) in [5.41, 5.74) is 2.18. The first-order valence-corrected chi connectivity index (χ1v) is 13.4. The van der Waals surface area contributed by atoms with Crippen LogP contribution in [-0.2, 0) is 11.3 Å². The molecule has 1 aromatic rings. The standard InChI is InChI=1S/C25H48NOS/c1-2-3-4-5-6-7-8-9-10-11-12-13-14-15-16-18-22-27-23-19-17-20-26-21-24-28-25-26/h21,24-25H,2-20,22-23H2,1H3/q+1. The van der Waals surface area contributed by atoms with Gasteiger partial charge in [-0.2, -0.15) is 4.57 Å². The predicted molar refractivity (Wildman–Crippen MR) is 124 cm³/mol. The molecular formula is C25H48NOS+. The van der Waals surface area contributed by atoms with Gasteiger partial charge in [-0.25, -0.2) is 0 Å². The Bertz CT molecular complexity index is 393. The van der Waals surface area contributed by atoms with Gasteiger partial charge in [0.25, 0.3) is 0 Å². The van der Waals surface area contributed by atoms with Gasteiger partial charge < -0.3 is 4.74 Å². The third kappa shape index (κ3) is 17.7. The number of thiazole rings is 1. The van der Waals surface area contributed by atoms with Gasteiger partial charge in [0.15, 0.2) is 6.20 Å². The maximum Gasteiger partial charge on any atom is 0.224 e. The van der Waals surface area contributed by atoms with Crippen LogP contribution in [0.5, 0.6) is 0 Å². The monoisotopic (exact) mass is 410 g/mol. The SMILES string of the molecule is CCCCCCCCCCCCCCCCCCOCCCC[n+]1ccsc1. The zero-order valence-corrected chi connectivity index (χ0v) is 19.7. The Morgan fingerprint density at radius 1 is 0.607 bits per heavy atom. The molecule has 0 spiro atoms. The van der Waals surface area contributed by atoms with Crippen LogP contribution in [-0.4, -0.2) is 13.2 Å². The van der Waals surface area contributed by atoms with E-state index >= 15 is 0 Å². The number of hydrogen-bond acceptors (Lipinski definition) is 2. The van der Waals surface area contributed by atoms with Crippen molar-refractivity contribution in [3.05, 3.63) is 17.1 Å². The Balaban J connectivity index is 1.64. The van der Waals surface area contributed by atoms with Crippen molar-refractivity contribution < 1.29 is 9.30 Å². The minimum Gasteiger partial charge on any atom is -0.381 e. The Kier molecular flexibility index (Phi) is 19.5. The number of aromatic nitrogens is 1. The van der Waals surface area contributed by atoms with E-state index in [1.165, 1.54) is 116 Å². The fraction of sp³-hybridized carbons (Fsp3) is 0.880. The van der Waals surface area contributed by atoms with Crippen LogP contribution >= 0.6 is 11.3 Å². The van der Waals surface area contributed by atoms with Gasteiger partial charge in [0.1, 0.15) is 6.54 Å². The summed E-state index contributed by atoms with van der Waals surface area (Å²) in [5, 5.41) is 2.13. The van der Waals surface area contributed by atoms with Gasteiger partial charge in [0.2, 0.25) is 5.51 Å². The molecule has 0 radical (unpaired) electrons. The Hall–Kier alpha value is -0.410. The normalized spacial score (nSPS) is 11.3. The van der Waals surface area contributed by atoms with Crippen LogP contribution in [0.1, 0.15) is 122 Å². The van der Waals surface area contributed by atoms with E-state index in [9.17, 15) is 0 Å². The van der Waals surface area contributed by atoms with Crippen LogP contribution in [0.15, 0.2) is 17.1 Å². The van der Waals surface area contributed by atoms with Gasteiger partial charge in [-0.1, -0.05) is 115 Å². The average Bonchev–Trinajstić information content (AvgIpc) is 3.22. The summed E-state index contributed by atoms with van der Waals surface area (Å²) in [6.45, 7) is 5.32. The molecule has 0 unspecified atom stereocenters. The molecule has 164 valence electrons. The van der Waals surface area contributed by atoms with Crippen molar-refractivity contribution in [3.63, 3.8) is 0 Å². The van der Waals surface area contributed by atoms with Crippen LogP contribution in [0.2, 0.25) is 0 Å². The van der Waals surface area contributed by atoms with Gasteiger partial charge in [-0.15, -0.1) is 0 Å². The zero-order valence-electron chi connectivity index (χ0n) is 18.8. The van der Waals surface area contributed by atoms with Crippen LogP contribution < -0.4 is 4.57 Å². The molecule has 0 saturated carbocycles. The molecule has 0 atom stereocenters. The highest BCUT2D eigenvalue weighted by Gasteiger charge is 1.99. The van der Waals surface area contributed by atoms with Gasteiger partial charge in [0.05, 0.1) is 5.38 Å². The first-order chi connectivity index (χ1) is 13.9. The highest BCUT2D eigenvalue weighted by Crippen LogP contribution is 2.13. The lowest BCUT2D eigenvalue weighted by molar-refractivity contribution is -0.692. The largest absolute Gasteiger partial charge is 0.381 e. The van der Waals surface area contributed by atoms with Crippen molar-refractivity contribution in [3.8, 4) is 0 Å². The van der Waals surface area contributed by atoms with Gasteiger partial charge in [0, 0.05) is 19.6 Å². The van der Waals surface area contributed by atoms with Crippen LogP contribution in [0.25, 0.3) is 0 Å². The lowest BCUT2D eigenvalue weighted by Gasteiger charge is -2.04. The average molecular weight is 411 g/mol. The zero-order chi connectivity index (χ0) is 20.0. The molecule has 0 aliphatic rings. The van der Waals surface area contributed by atoms with E-state index in [0.29, 0.717) is 0 Å². The smallest absolute Gasteiger partial charge is 0.224 e. The highest BCUT2D eigenvalue weighted by atomic mass is 32.1. The van der Waals surface area contributed by atoms with Gasteiger partial charge >= 0.3 is 0 Å². The minimum atomic E-state index is 0.934. The molecule has 3 heteroatoms. The van der Waals surface area contributed by atoms with E-state index in [1.807, 2.05) is 0 Å². The molecule has 1 aromatic heterocycles. The van der Waals surface area contributed by atoms with Gasteiger partial charge in [-0.05, 0) is 12.8 Å². The molecule has 0 saturated heterocycles. The van der Waals surface area contributed by atoms with E-state index in [-0.39, 0.29) is 0 Å². The molecular weight excluding hydrogens is 362 g/mol. The summed E-state index contributed by atoms with van der Waals surface area (Å²) in [4.78, 5) is 0. The molecule has 2 nitrogen and oxygen atoms in total. The summed E-state index contributed by atoms with van der Waals surface area (Å²) in [6, 6.07) is 0. The lowest BCUT2D eigenvalue weighted by Crippen LogP contribution is -2.29. The Morgan fingerprint density at radius 3 is 1.54 bits per heavy atom. The second kappa shape index (κ2) is 21.3. The first-order valence-electron chi connectivity index (χ1n) is 12.4. The van der Waals surface area contributed by atoms with E-state index in [1.54, 1.807) is 11.3 Å². The molecule has 1 heterocycles. The quantitative estimate of drug-likeness (QED) is 0.139. The maximum atomic E-state index is 5.77. The second-order valence-electron chi connectivity index (χ2n) is 8.39. The minimum absolute atomic E-state index is 0.934. The number of aryl methyl sites for hydroxylation is 1. The number of rotatable bonds is 22. The molecule has 0 aromatic carbocycles. The highest BCUT2D eigenvalue weighted by molar-refractivity contribution is 7.07. The molecule has 28 heavy (non-hydrogen) atoms. The molecule has 0 aliphatic heterocycles. The second-order valence-corrected chi connectivity index (χ2v) is 9.14. The fourth-order valence-corrected chi connectivity index (χ4v) is 4.37. The van der Waals surface area contributed by atoms with Crippen molar-refractivity contribution >= 4 is 11.3 Å². The molecule has 1 rings (SSSR count). The summed E-state index contributed by atoms with van der Waals surface area (Å²) in [5.74, 6) is 0. The topological polar surface area (TPSA) is 13.1 Å². The summed E-state index contributed by atoms with van der Waals surface area (Å²) in [6.07, 6.45) is 27.4. The van der Waals surface area contributed by atoms with E-state index in [0.717, 1.165) is 19.8 Å². The Morgan fingerprint density at radius 2 is 1.07 bits per heavy atom. The van der Waals surface area contributed by atoms with Crippen LogP contribution in [0.3, 0.4) is 0 Å². The van der Waals surface area contributed by atoms with Crippen molar-refractivity contribution in [2.24, 2.45) is 0 Å². The fourth-order valence-electron chi connectivity index (χ4n) is 3.74. The number of ether oxygens (including phenoxy) is 1. The van der Waals surface area contributed by atoms with Crippen molar-refractivity contribution in [2.75, 3.05) is 13.2 Å². The Labute approximate surface area is 180 Å². The predicted octanol–water partition coefficient (Wildman–Crippen LogP) is 8.09. The first kappa shape index (κ1) is 25.6. The summed E-state index contributed by atoms with van der Waals surface area (Å²) in [7, 11) is 0. The molecule has 0 amide bonds. The van der Waals surface area contributed by atoms with Crippen molar-refractivity contribution in [2.45, 2.75) is 129 Å². The third-order valence-corrected chi connectivity index (χ3v) is 6.30. The molecule has 0 bridgehead atoms.